The van der Waals surface area contributed by atoms with E-state index >= 15 is 0 Å². The van der Waals surface area contributed by atoms with Gasteiger partial charge < -0.3 is 14.6 Å². The van der Waals surface area contributed by atoms with Gasteiger partial charge in [0.2, 0.25) is 0 Å². The molecule has 2 aliphatic heterocycles. The van der Waals surface area contributed by atoms with E-state index < -0.39 is 17.7 Å². The van der Waals surface area contributed by atoms with Crippen molar-refractivity contribution in [3.63, 3.8) is 0 Å². The summed E-state index contributed by atoms with van der Waals surface area (Å²) in [5.74, 6) is -0.414. The van der Waals surface area contributed by atoms with Crippen LogP contribution in [0.2, 0.25) is 0 Å². The molecule has 0 radical (unpaired) electrons. The molecule has 3 aromatic carbocycles. The normalized spacial score (nSPS) is 20.5. The number of hydrogen-bond acceptors (Lipinski definition) is 4. The molecule has 1 fully saturated rings. The minimum absolute atomic E-state index is 0.117. The third-order valence-electron chi connectivity index (χ3n) is 7.35. The highest BCUT2D eigenvalue weighted by Gasteiger charge is 2.31. The van der Waals surface area contributed by atoms with E-state index in [2.05, 4.69) is 11.8 Å². The molecule has 2 heterocycles. The largest absolute Gasteiger partial charge is 0.505 e. The molecule has 3 aromatic rings. The Kier molecular flexibility index (Phi) is 7.15. The zero-order valence-electron chi connectivity index (χ0n) is 20.9. The van der Waals surface area contributed by atoms with Crippen LogP contribution < -0.4 is 9.47 Å². The van der Waals surface area contributed by atoms with E-state index in [1.807, 2.05) is 31.2 Å². The molecule has 4 nitrogen and oxygen atoms in total. The third kappa shape index (κ3) is 5.18. The third-order valence-corrected chi connectivity index (χ3v) is 7.35. The lowest BCUT2D eigenvalue weighted by Crippen LogP contribution is -2.35. The van der Waals surface area contributed by atoms with Crippen molar-refractivity contribution in [3.8, 4) is 17.2 Å². The summed E-state index contributed by atoms with van der Waals surface area (Å²) in [4.78, 5) is 2.26. The summed E-state index contributed by atoms with van der Waals surface area (Å²) in [6.07, 6.45) is 0.310. The number of rotatable bonds is 7. The van der Waals surface area contributed by atoms with E-state index in [0.717, 1.165) is 41.8 Å². The zero-order chi connectivity index (χ0) is 26.1. The lowest BCUT2D eigenvalue weighted by Gasteiger charge is -2.31. The maximum Gasteiger partial charge on any atom is 0.168 e. The molecular formula is C30H30F3NO3. The summed E-state index contributed by atoms with van der Waals surface area (Å²) in [5.41, 5.74) is 3.78. The minimum atomic E-state index is -0.760. The molecule has 0 saturated carbocycles. The molecule has 0 bridgehead atoms. The molecule has 0 unspecified atom stereocenters. The SMILES string of the molecule is CC1=C(c2ccc(F)cc2)[C@H](c2ccc(OC[C@H](C)N3CC[C@@H](CF)C3)cc2)Oc2cc(F)c(O)cc21. The summed E-state index contributed by atoms with van der Waals surface area (Å²) in [7, 11) is 0. The highest BCUT2D eigenvalue weighted by molar-refractivity contribution is 5.95. The average molecular weight is 510 g/mol. The van der Waals surface area contributed by atoms with Crippen molar-refractivity contribution in [2.75, 3.05) is 26.4 Å². The molecule has 0 aliphatic carbocycles. The van der Waals surface area contributed by atoms with Crippen molar-refractivity contribution in [3.05, 3.63) is 89.0 Å². The Morgan fingerprint density at radius 1 is 1.08 bits per heavy atom. The predicted molar refractivity (Wildman–Crippen MR) is 137 cm³/mol. The van der Waals surface area contributed by atoms with E-state index in [0.29, 0.717) is 23.7 Å². The maximum absolute atomic E-state index is 14.2. The summed E-state index contributed by atoms with van der Waals surface area (Å²) >= 11 is 0. The minimum Gasteiger partial charge on any atom is -0.505 e. The second-order valence-corrected chi connectivity index (χ2v) is 9.88. The number of hydrogen-bond donors (Lipinski definition) is 1. The monoisotopic (exact) mass is 509 g/mol. The molecule has 0 spiro atoms. The Labute approximate surface area is 215 Å². The Balaban J connectivity index is 1.39. The topological polar surface area (TPSA) is 41.9 Å². The summed E-state index contributed by atoms with van der Waals surface area (Å²) < 4.78 is 53.1. The van der Waals surface area contributed by atoms with Gasteiger partial charge in [-0.3, -0.25) is 9.29 Å². The van der Waals surface area contributed by atoms with Crippen molar-refractivity contribution >= 4 is 11.1 Å². The van der Waals surface area contributed by atoms with Gasteiger partial charge in [-0.15, -0.1) is 0 Å². The van der Waals surface area contributed by atoms with Crippen LogP contribution in [-0.4, -0.2) is 42.4 Å². The quantitative estimate of drug-likeness (QED) is 0.381. The fourth-order valence-corrected chi connectivity index (χ4v) is 5.14. The Morgan fingerprint density at radius 2 is 1.81 bits per heavy atom. The standard InChI is InChI=1S/C30H30F3NO3/c1-18(34-12-11-20(15-31)16-34)17-36-24-9-5-22(6-10-24)30-29(21-3-7-23(32)8-4-21)19(2)25-13-27(35)26(33)14-28(25)37-30/h3-10,13-14,18,20,30,35H,11-12,15-17H2,1-2H3/t18-,20-,30-/m0/s1. The van der Waals surface area contributed by atoms with Crippen LogP contribution in [0.15, 0.2) is 60.7 Å². The zero-order valence-corrected chi connectivity index (χ0v) is 20.9. The van der Waals surface area contributed by atoms with Crippen LogP contribution in [0.1, 0.15) is 43.1 Å². The van der Waals surface area contributed by atoms with Crippen molar-refractivity contribution < 1.29 is 27.8 Å². The molecule has 0 amide bonds. The van der Waals surface area contributed by atoms with Gasteiger partial charge in [0.1, 0.15) is 30.0 Å². The number of ether oxygens (including phenoxy) is 2. The van der Waals surface area contributed by atoms with Gasteiger partial charge in [0, 0.05) is 35.7 Å². The van der Waals surface area contributed by atoms with E-state index in [9.17, 15) is 18.3 Å². The number of likely N-dealkylation sites (tertiary alicyclic amines) is 1. The van der Waals surface area contributed by atoms with Crippen molar-refractivity contribution in [1.29, 1.82) is 0 Å². The van der Waals surface area contributed by atoms with Crippen molar-refractivity contribution in [2.45, 2.75) is 32.4 Å². The Hall–Kier alpha value is -3.45. The molecule has 194 valence electrons. The molecular weight excluding hydrogens is 479 g/mol. The smallest absolute Gasteiger partial charge is 0.168 e. The molecule has 2 aliphatic rings. The van der Waals surface area contributed by atoms with Crippen LogP contribution in [-0.2, 0) is 0 Å². The van der Waals surface area contributed by atoms with Gasteiger partial charge in [0.25, 0.3) is 0 Å². The van der Waals surface area contributed by atoms with Gasteiger partial charge in [-0.05, 0) is 73.8 Å². The average Bonchev–Trinajstić information content (AvgIpc) is 3.39. The maximum atomic E-state index is 14.2. The lowest BCUT2D eigenvalue weighted by molar-refractivity contribution is 0.165. The first-order valence-electron chi connectivity index (χ1n) is 12.5. The second-order valence-electron chi connectivity index (χ2n) is 9.88. The van der Waals surface area contributed by atoms with E-state index in [4.69, 9.17) is 9.47 Å². The van der Waals surface area contributed by atoms with E-state index in [-0.39, 0.29) is 24.5 Å². The van der Waals surface area contributed by atoms with Gasteiger partial charge in [0.15, 0.2) is 11.6 Å². The van der Waals surface area contributed by atoms with Crippen LogP contribution in [0, 0.1) is 17.6 Å². The lowest BCUT2D eigenvalue weighted by atomic mass is 9.86. The van der Waals surface area contributed by atoms with Crippen molar-refractivity contribution in [1.82, 2.24) is 4.90 Å². The molecule has 1 saturated heterocycles. The van der Waals surface area contributed by atoms with Crippen LogP contribution in [0.25, 0.3) is 11.1 Å². The van der Waals surface area contributed by atoms with Gasteiger partial charge in [-0.1, -0.05) is 24.3 Å². The number of benzene rings is 3. The number of aromatic hydroxyl groups is 1. The van der Waals surface area contributed by atoms with Gasteiger partial charge in [-0.2, -0.15) is 0 Å². The van der Waals surface area contributed by atoms with Crippen LogP contribution >= 0.6 is 0 Å². The molecule has 5 rings (SSSR count). The number of halogens is 3. The molecule has 3 atom stereocenters. The number of alkyl halides is 1. The summed E-state index contributed by atoms with van der Waals surface area (Å²) in [6.45, 7) is 5.83. The fraction of sp³-hybridized carbons (Fsp3) is 0.333. The fourth-order valence-electron chi connectivity index (χ4n) is 5.14. The molecule has 0 aromatic heterocycles. The number of nitrogens with zero attached hydrogens (tertiary/aromatic N) is 1. The Morgan fingerprint density at radius 3 is 2.49 bits per heavy atom. The van der Waals surface area contributed by atoms with Gasteiger partial charge >= 0.3 is 0 Å². The first kappa shape index (κ1) is 25.2. The van der Waals surface area contributed by atoms with Gasteiger partial charge in [-0.25, -0.2) is 8.78 Å². The highest BCUT2D eigenvalue weighted by atomic mass is 19.1. The Bertz CT molecular complexity index is 1290. The van der Waals surface area contributed by atoms with Crippen LogP contribution in [0.5, 0.6) is 17.2 Å². The molecule has 1 N–H and O–H groups in total. The predicted octanol–water partition coefficient (Wildman–Crippen LogP) is 6.79. The van der Waals surface area contributed by atoms with E-state index in [1.165, 1.54) is 24.3 Å². The van der Waals surface area contributed by atoms with Gasteiger partial charge in [0.05, 0.1) is 6.67 Å². The van der Waals surface area contributed by atoms with Crippen molar-refractivity contribution in [2.24, 2.45) is 5.92 Å². The van der Waals surface area contributed by atoms with Crippen LogP contribution in [0.3, 0.4) is 0 Å². The second kappa shape index (κ2) is 10.5. The first-order valence-corrected chi connectivity index (χ1v) is 12.5. The number of fused-ring (bicyclic) bond motifs is 1. The molecule has 7 heteroatoms. The highest BCUT2D eigenvalue weighted by Crippen LogP contribution is 2.48. The first-order chi connectivity index (χ1) is 17.8. The number of phenols is 1. The number of phenolic OH excluding ortho intramolecular Hbond substituents is 1. The van der Waals surface area contributed by atoms with E-state index in [1.54, 1.807) is 12.1 Å². The number of allylic oxidation sites excluding steroid dienone is 1. The molecule has 37 heavy (non-hydrogen) atoms. The summed E-state index contributed by atoms with van der Waals surface area (Å²) in [6, 6.07) is 16.4. The van der Waals surface area contributed by atoms with Crippen LogP contribution in [0.4, 0.5) is 13.2 Å². The summed E-state index contributed by atoms with van der Waals surface area (Å²) in [5, 5.41) is 9.95.